The molecule has 1 rings (SSSR count). The fraction of sp³-hybridized carbons (Fsp3) is 0.875. The molecule has 0 bridgehead atoms. The van der Waals surface area contributed by atoms with E-state index in [1.165, 1.54) is 19.3 Å². The second-order valence-corrected chi connectivity index (χ2v) is 9.58. The molecule has 1 saturated heterocycles. The average Bonchev–Trinajstić information content (AvgIpc) is 2.15. The Hall–Kier alpha value is 0.535. The Morgan fingerprint density at radius 1 is 1.58 bits per heavy atom. The minimum absolute atomic E-state index is 0.175. The van der Waals surface area contributed by atoms with Gasteiger partial charge in [-0.1, -0.05) is 0 Å². The molecule has 0 saturated carbocycles. The minimum atomic E-state index is -1.34. The molecule has 1 aliphatic heterocycles. The van der Waals surface area contributed by atoms with Gasteiger partial charge in [0, 0.05) is 0 Å². The van der Waals surface area contributed by atoms with Crippen molar-refractivity contribution in [1.82, 2.24) is 0 Å². The summed E-state index contributed by atoms with van der Waals surface area (Å²) in [7, 11) is -1.34. The van der Waals surface area contributed by atoms with Gasteiger partial charge in [0.05, 0.1) is 0 Å². The van der Waals surface area contributed by atoms with Gasteiger partial charge in [0.2, 0.25) is 0 Å². The van der Waals surface area contributed by atoms with Crippen LogP contribution in [-0.4, -0.2) is 19.4 Å². The van der Waals surface area contributed by atoms with E-state index in [1.54, 1.807) is 0 Å². The van der Waals surface area contributed by atoms with Gasteiger partial charge in [0.25, 0.3) is 0 Å². The zero-order chi connectivity index (χ0) is 8.81. The van der Waals surface area contributed by atoms with Crippen molar-refractivity contribution in [2.24, 2.45) is 0 Å². The Bertz CT molecular complexity index is 146. The molecule has 0 aromatic carbocycles. The van der Waals surface area contributed by atoms with Crippen LogP contribution >= 0.6 is 0 Å². The number of hydrogen-bond acceptors (Lipinski definition) is 2. The first kappa shape index (κ1) is 10.6. The summed E-state index contributed by atoms with van der Waals surface area (Å²) in [6.45, 7) is 3.01. The molecule has 0 aliphatic carbocycles. The molecule has 1 heterocycles. The average molecular weight is 367 g/mol. The summed E-state index contributed by atoms with van der Waals surface area (Å²) in [6, 6.07) is 1.11. The van der Waals surface area contributed by atoms with Crippen molar-refractivity contribution in [3.63, 3.8) is 0 Å². The SMILES string of the molecule is CC[CH2][Pt][C](=O)[SiH]1CCCCO1. The summed E-state index contributed by atoms with van der Waals surface area (Å²) >= 11 is -0.175. The molecule has 0 spiro atoms. The Labute approximate surface area is 84.3 Å². The predicted octanol–water partition coefficient (Wildman–Crippen LogP) is 2.13. The summed E-state index contributed by atoms with van der Waals surface area (Å²) < 4.78 is 6.12. The van der Waals surface area contributed by atoms with Crippen LogP contribution in [0.4, 0.5) is 4.79 Å². The van der Waals surface area contributed by atoms with Gasteiger partial charge in [-0.25, -0.2) is 0 Å². The van der Waals surface area contributed by atoms with Gasteiger partial charge in [-0.05, 0) is 0 Å². The van der Waals surface area contributed by atoms with Gasteiger partial charge >= 0.3 is 84.3 Å². The van der Waals surface area contributed by atoms with Gasteiger partial charge < -0.3 is 0 Å². The van der Waals surface area contributed by atoms with Crippen LogP contribution < -0.4 is 0 Å². The van der Waals surface area contributed by atoms with E-state index in [4.69, 9.17) is 4.43 Å². The van der Waals surface area contributed by atoms with Crippen molar-refractivity contribution < 1.29 is 27.8 Å². The van der Waals surface area contributed by atoms with Gasteiger partial charge in [0.1, 0.15) is 0 Å². The second kappa shape index (κ2) is 6.06. The number of rotatable bonds is 4. The van der Waals surface area contributed by atoms with E-state index in [9.17, 15) is 4.79 Å². The Morgan fingerprint density at radius 2 is 2.42 bits per heavy atom. The molecule has 1 aliphatic rings. The van der Waals surface area contributed by atoms with Crippen LogP contribution in [0, 0.1) is 0 Å². The van der Waals surface area contributed by atoms with Crippen molar-refractivity contribution in [1.29, 1.82) is 0 Å². The maximum absolute atomic E-state index is 11.5. The van der Waals surface area contributed by atoms with Crippen LogP contribution in [-0.2, 0) is 23.0 Å². The molecule has 12 heavy (non-hydrogen) atoms. The second-order valence-electron chi connectivity index (χ2n) is 2.90. The van der Waals surface area contributed by atoms with Crippen molar-refractivity contribution in [3.8, 4) is 0 Å². The third kappa shape index (κ3) is 3.50. The normalized spacial score (nSPS) is 24.2. The van der Waals surface area contributed by atoms with E-state index in [0.29, 0.717) is 3.80 Å². The standard InChI is InChI=1S/C5H9O2Si.C3H7.Pt/c6-5-8-4-2-1-3-7-8;1-3-2;/h8H,1-4H2;1,3H2,2H3;. The summed E-state index contributed by atoms with van der Waals surface area (Å²) in [4.78, 5) is 12.7. The van der Waals surface area contributed by atoms with Gasteiger partial charge in [-0.15, -0.1) is 0 Å². The maximum atomic E-state index is 11.5. The molecule has 1 unspecified atom stereocenters. The van der Waals surface area contributed by atoms with Crippen molar-refractivity contribution in [3.05, 3.63) is 0 Å². The summed E-state index contributed by atoms with van der Waals surface area (Å²) in [5.74, 6) is 0. The van der Waals surface area contributed by atoms with Crippen LogP contribution in [0.5, 0.6) is 0 Å². The van der Waals surface area contributed by atoms with E-state index in [-0.39, 0.29) is 18.6 Å². The third-order valence-electron chi connectivity index (χ3n) is 1.76. The molecule has 0 radical (unpaired) electrons. The quantitative estimate of drug-likeness (QED) is 0.712. The molecule has 0 amide bonds. The molecule has 1 atom stereocenters. The summed E-state index contributed by atoms with van der Waals surface area (Å²) in [5, 5.41) is 0. The zero-order valence-electron chi connectivity index (χ0n) is 7.45. The Balaban J connectivity index is 2.20. The van der Waals surface area contributed by atoms with Gasteiger partial charge in [-0.3, -0.25) is 0 Å². The van der Waals surface area contributed by atoms with E-state index in [2.05, 4.69) is 6.92 Å². The molecule has 0 N–H and O–H groups in total. The Morgan fingerprint density at radius 3 is 3.00 bits per heavy atom. The first-order chi connectivity index (χ1) is 5.84. The fourth-order valence-corrected chi connectivity index (χ4v) is 7.86. The van der Waals surface area contributed by atoms with E-state index >= 15 is 0 Å². The molecule has 0 aromatic rings. The third-order valence-corrected chi connectivity index (χ3v) is 9.54. The van der Waals surface area contributed by atoms with Crippen LogP contribution in [0.1, 0.15) is 26.2 Å². The molecular weight excluding hydrogens is 351 g/mol. The van der Waals surface area contributed by atoms with Crippen molar-refractivity contribution in [2.75, 3.05) is 6.61 Å². The molecule has 4 heteroatoms. The summed E-state index contributed by atoms with van der Waals surface area (Å²) in [5.41, 5.74) is 0. The fourth-order valence-electron chi connectivity index (χ4n) is 1.13. The number of hydrogen-bond donors (Lipinski definition) is 0. The first-order valence-electron chi connectivity index (χ1n) is 4.51. The van der Waals surface area contributed by atoms with E-state index in [1.807, 2.05) is 0 Å². The van der Waals surface area contributed by atoms with Crippen LogP contribution in [0.15, 0.2) is 0 Å². The molecule has 74 valence electrons. The molecular formula is C8H16O2PtSi. The number of carbonyl (C=O) groups excluding carboxylic acids is 1. The molecule has 2 nitrogen and oxygen atoms in total. The predicted molar refractivity (Wildman–Crippen MR) is 47.6 cm³/mol. The Kier molecular flexibility index (Phi) is 5.36. The van der Waals surface area contributed by atoms with E-state index < -0.39 is 9.04 Å². The van der Waals surface area contributed by atoms with E-state index in [0.717, 1.165) is 17.5 Å². The monoisotopic (exact) mass is 367 g/mol. The molecule has 0 aromatic heterocycles. The number of carbonyl (C=O) groups is 1. The van der Waals surface area contributed by atoms with Gasteiger partial charge in [-0.2, -0.15) is 0 Å². The molecule has 1 fully saturated rings. The first-order valence-corrected chi connectivity index (χ1v) is 9.12. The summed E-state index contributed by atoms with van der Waals surface area (Å²) in [6.07, 6.45) is 3.57. The van der Waals surface area contributed by atoms with Crippen molar-refractivity contribution in [2.45, 2.75) is 37.0 Å². The topological polar surface area (TPSA) is 26.3 Å². The van der Waals surface area contributed by atoms with Crippen LogP contribution in [0.25, 0.3) is 0 Å². The zero-order valence-corrected chi connectivity index (χ0v) is 10.9. The van der Waals surface area contributed by atoms with Gasteiger partial charge in [0.15, 0.2) is 0 Å². The van der Waals surface area contributed by atoms with Crippen molar-refractivity contribution >= 4 is 12.8 Å². The van der Waals surface area contributed by atoms with Crippen LogP contribution in [0.3, 0.4) is 0 Å². The van der Waals surface area contributed by atoms with Crippen LogP contribution in [0.2, 0.25) is 10.9 Å².